The summed E-state index contributed by atoms with van der Waals surface area (Å²) in [6.45, 7) is 18.2. The summed E-state index contributed by atoms with van der Waals surface area (Å²) in [4.78, 5) is 40.5. The molecule has 1 amide bonds. The molecule has 2 unspecified atom stereocenters. The average molecular weight is 678 g/mol. The number of carbonyl (C=O) groups is 1. The Bertz CT molecular complexity index is 1230. The molecule has 0 radical (unpaired) electrons. The van der Waals surface area contributed by atoms with Gasteiger partial charge in [-0.25, -0.2) is 24.3 Å². The molecule has 2 spiro atoms. The molecule has 0 aromatic carbocycles. The Morgan fingerprint density at radius 2 is 1.23 bits per heavy atom. The van der Waals surface area contributed by atoms with E-state index in [0.29, 0.717) is 31.3 Å². The van der Waals surface area contributed by atoms with Gasteiger partial charge in [0.1, 0.15) is 12.2 Å². The van der Waals surface area contributed by atoms with E-state index in [1.54, 1.807) is 4.90 Å². The Kier molecular flexibility index (Phi) is 8.52. The lowest BCUT2D eigenvalue weighted by Crippen LogP contribution is -2.72. The predicted molar refractivity (Wildman–Crippen MR) is 171 cm³/mol. The number of hydrogen-bond acceptors (Lipinski definition) is 10. The lowest BCUT2D eigenvalue weighted by atomic mass is 9.56. The summed E-state index contributed by atoms with van der Waals surface area (Å²) in [6.07, 6.45) is 5.43. The van der Waals surface area contributed by atoms with Crippen molar-refractivity contribution in [3.8, 4) is 0 Å². The van der Waals surface area contributed by atoms with E-state index in [-0.39, 0.29) is 47.7 Å². The first-order chi connectivity index (χ1) is 22.9. The highest BCUT2D eigenvalue weighted by Crippen LogP contribution is 2.63. The van der Waals surface area contributed by atoms with Gasteiger partial charge in [-0.2, -0.15) is 0 Å². The average Bonchev–Trinajstić information content (AvgIpc) is 3.43. The highest BCUT2D eigenvalue weighted by atomic mass is 17.3. The maximum atomic E-state index is 13.8. The van der Waals surface area contributed by atoms with Gasteiger partial charge in [-0.15, -0.1) is 0 Å². The molecule has 10 rings (SSSR count). The lowest BCUT2D eigenvalue weighted by Gasteiger charge is -2.62. The van der Waals surface area contributed by atoms with Crippen LogP contribution in [0.15, 0.2) is 0 Å². The van der Waals surface area contributed by atoms with Crippen LogP contribution in [0.25, 0.3) is 0 Å². The lowest BCUT2D eigenvalue weighted by molar-refractivity contribution is -0.573. The quantitative estimate of drug-likeness (QED) is 0.282. The second-order valence-corrected chi connectivity index (χ2v) is 17.1. The highest BCUT2D eigenvalue weighted by molar-refractivity contribution is 5.67. The van der Waals surface area contributed by atoms with Crippen LogP contribution in [-0.2, 0) is 43.2 Å². The zero-order valence-corrected chi connectivity index (χ0v) is 30.3. The van der Waals surface area contributed by atoms with E-state index in [4.69, 9.17) is 43.2 Å². The molecule has 0 aromatic rings. The van der Waals surface area contributed by atoms with Crippen LogP contribution in [0.4, 0.5) is 4.79 Å². The predicted octanol–water partition coefficient (Wildman–Crippen LogP) is 6.72. The van der Waals surface area contributed by atoms with Gasteiger partial charge in [0.05, 0.1) is 6.10 Å². The molecule has 0 aromatic heterocycles. The van der Waals surface area contributed by atoms with Gasteiger partial charge in [-0.05, 0) is 102 Å². The Morgan fingerprint density at radius 3 is 1.77 bits per heavy atom. The number of fused-ring (bicyclic) bond motifs is 4. The molecule has 4 bridgehead atoms. The first-order valence-electron chi connectivity index (χ1n) is 19.2. The Morgan fingerprint density at radius 1 is 0.708 bits per heavy atom. The third-order valence-corrected chi connectivity index (χ3v) is 14.6. The van der Waals surface area contributed by atoms with E-state index >= 15 is 0 Å². The van der Waals surface area contributed by atoms with Crippen molar-refractivity contribution in [3.05, 3.63) is 0 Å². The van der Waals surface area contributed by atoms with Crippen molar-refractivity contribution in [1.82, 2.24) is 4.90 Å². The Hall–Kier alpha value is -1.05. The molecule has 11 nitrogen and oxygen atoms in total. The molecule has 10 aliphatic rings. The van der Waals surface area contributed by atoms with Gasteiger partial charge in [-0.3, -0.25) is 0 Å². The number of hydrogen-bond donors (Lipinski definition) is 0. The van der Waals surface area contributed by atoms with E-state index in [1.807, 2.05) is 27.7 Å². The SMILES string of the molecule is CCN(CC)C(=O)O[C@@H](C[C@H]1O[C@@H]2O[C@]3(C)CC[C@H]4[C@H](C)CC[C@@H]([C@H]1C)[C@@]24OO3)C1OC2O[C@]3(C)CC[C@H]4[C@H](C)CC[C@@H]([C@H]1C)[C@@]24OO3. The molecule has 2 saturated carbocycles. The van der Waals surface area contributed by atoms with Gasteiger partial charge >= 0.3 is 6.09 Å². The molecule has 2 aliphatic carbocycles. The van der Waals surface area contributed by atoms with Gasteiger partial charge in [0, 0.05) is 44.2 Å². The monoisotopic (exact) mass is 677 g/mol. The smallest absolute Gasteiger partial charge is 0.410 e. The second kappa shape index (κ2) is 12.0. The Labute approximate surface area is 286 Å². The van der Waals surface area contributed by atoms with Gasteiger partial charge in [0.25, 0.3) is 0 Å². The van der Waals surface area contributed by atoms with E-state index in [9.17, 15) is 4.79 Å². The summed E-state index contributed by atoms with van der Waals surface area (Å²) >= 11 is 0. The first-order valence-corrected chi connectivity index (χ1v) is 19.2. The van der Waals surface area contributed by atoms with Crippen LogP contribution in [0.3, 0.4) is 0 Å². The normalized spacial score (nSPS) is 54.3. The summed E-state index contributed by atoms with van der Waals surface area (Å²) < 4.78 is 34.0. The maximum absolute atomic E-state index is 13.8. The summed E-state index contributed by atoms with van der Waals surface area (Å²) in [5.74, 6) is 0.216. The van der Waals surface area contributed by atoms with Crippen LogP contribution in [0.1, 0.15) is 113 Å². The van der Waals surface area contributed by atoms with E-state index in [0.717, 1.165) is 51.4 Å². The third-order valence-electron chi connectivity index (χ3n) is 14.6. The van der Waals surface area contributed by atoms with Crippen molar-refractivity contribution in [1.29, 1.82) is 0 Å². The maximum Gasteiger partial charge on any atom is 0.410 e. The van der Waals surface area contributed by atoms with Crippen LogP contribution in [0, 0.1) is 47.3 Å². The minimum absolute atomic E-state index is 0.0198. The minimum atomic E-state index is -0.881. The van der Waals surface area contributed by atoms with Crippen LogP contribution in [-0.4, -0.2) is 77.8 Å². The number of carbonyl (C=O) groups excluding carboxylic acids is 1. The second-order valence-electron chi connectivity index (χ2n) is 17.1. The number of nitrogens with zero attached hydrogens (tertiary/aromatic N) is 1. The summed E-state index contributed by atoms with van der Waals surface area (Å²) in [5, 5.41) is 0. The minimum Gasteiger partial charge on any atom is -0.443 e. The molecule has 11 heteroatoms. The molecular formula is C37H59NO10. The highest BCUT2D eigenvalue weighted by Gasteiger charge is 2.72. The van der Waals surface area contributed by atoms with E-state index in [2.05, 4.69) is 27.7 Å². The van der Waals surface area contributed by atoms with Crippen LogP contribution in [0.2, 0.25) is 0 Å². The number of rotatable bonds is 6. The van der Waals surface area contributed by atoms with Crippen LogP contribution < -0.4 is 0 Å². The summed E-state index contributed by atoms with van der Waals surface area (Å²) in [6, 6.07) is 0. The standard InChI is InChI=1S/C37H59NO10/c1-9-38(10-2)33(39)41-29(30-23(6)27-14-12-21(4)25-16-18-35(8)44-32(42-30)37(25,27)48-46-35)19-28-22(5)26-13-11-20(3)24-15-17-34(7)43-31(40-28)36(24,26)47-45-34/h20-32H,9-19H2,1-8H3/t20-,21-,22-,23-,24+,25+,26+,27+,28-,29+,30?,31-,32?,34+,35+,36-,37-/m1/s1. The largest absolute Gasteiger partial charge is 0.443 e. The van der Waals surface area contributed by atoms with Crippen LogP contribution in [0.5, 0.6) is 0 Å². The summed E-state index contributed by atoms with van der Waals surface area (Å²) in [5.41, 5.74) is -1.34. The fourth-order valence-electron chi connectivity index (χ4n) is 11.8. The third kappa shape index (κ3) is 4.91. The van der Waals surface area contributed by atoms with Crippen molar-refractivity contribution in [2.24, 2.45) is 47.3 Å². The van der Waals surface area contributed by atoms with Gasteiger partial charge in [-0.1, -0.05) is 27.7 Å². The van der Waals surface area contributed by atoms with Crippen LogP contribution >= 0.6 is 0 Å². The molecule has 48 heavy (non-hydrogen) atoms. The van der Waals surface area contributed by atoms with Crippen molar-refractivity contribution in [2.45, 2.75) is 167 Å². The molecule has 8 aliphatic heterocycles. The van der Waals surface area contributed by atoms with E-state index in [1.165, 1.54) is 0 Å². The number of amides is 1. The molecule has 8 heterocycles. The molecule has 0 N–H and O–H groups in total. The molecule has 272 valence electrons. The molecular weight excluding hydrogens is 618 g/mol. The fourth-order valence-corrected chi connectivity index (χ4v) is 11.8. The zero-order chi connectivity index (χ0) is 33.8. The topological polar surface area (TPSA) is 103 Å². The van der Waals surface area contributed by atoms with E-state index < -0.39 is 47.6 Å². The molecule has 10 fully saturated rings. The van der Waals surface area contributed by atoms with Crippen molar-refractivity contribution >= 4 is 6.09 Å². The van der Waals surface area contributed by atoms with Gasteiger partial charge in [0.15, 0.2) is 23.8 Å². The van der Waals surface area contributed by atoms with Crippen molar-refractivity contribution in [2.75, 3.05) is 13.1 Å². The Balaban J connectivity index is 1.13. The molecule has 17 atom stereocenters. The zero-order valence-electron chi connectivity index (χ0n) is 30.3. The number of ether oxygens (including phenoxy) is 5. The molecule has 8 saturated heterocycles. The summed E-state index contributed by atoms with van der Waals surface area (Å²) in [7, 11) is 0. The van der Waals surface area contributed by atoms with Crippen molar-refractivity contribution in [3.63, 3.8) is 0 Å². The van der Waals surface area contributed by atoms with Gasteiger partial charge < -0.3 is 28.6 Å². The van der Waals surface area contributed by atoms with Crippen molar-refractivity contribution < 1.29 is 48.0 Å². The first kappa shape index (κ1) is 34.1. The van der Waals surface area contributed by atoms with Gasteiger partial charge in [0.2, 0.25) is 11.6 Å². The fraction of sp³-hybridized carbons (Fsp3) is 0.973.